The summed E-state index contributed by atoms with van der Waals surface area (Å²) in [6.07, 6.45) is 4.64. The van der Waals surface area contributed by atoms with Gasteiger partial charge >= 0.3 is 6.03 Å². The number of nitrogens with one attached hydrogen (secondary N) is 1. The van der Waals surface area contributed by atoms with Crippen molar-refractivity contribution in [1.29, 1.82) is 0 Å². The Balaban J connectivity index is 2.08. The Bertz CT molecular complexity index is 256. The first kappa shape index (κ1) is 10.7. The minimum atomic E-state index is 0.0970. The third-order valence-electron chi connectivity index (χ3n) is 4.08. The van der Waals surface area contributed by atoms with Gasteiger partial charge in [0.25, 0.3) is 0 Å². The number of carbonyl (C=O) groups excluding carboxylic acids is 1. The zero-order valence-electron chi connectivity index (χ0n) is 9.46. The molecule has 0 unspecified atom stereocenters. The van der Waals surface area contributed by atoms with Crippen molar-refractivity contribution in [2.45, 2.75) is 38.6 Å². The molecule has 1 heterocycles. The topological polar surface area (TPSA) is 58.4 Å². The van der Waals surface area contributed by atoms with E-state index in [0.29, 0.717) is 12.6 Å². The first-order chi connectivity index (χ1) is 7.23. The van der Waals surface area contributed by atoms with Crippen molar-refractivity contribution in [2.75, 3.05) is 19.6 Å². The second-order valence-electron chi connectivity index (χ2n) is 4.75. The summed E-state index contributed by atoms with van der Waals surface area (Å²) >= 11 is 0. The van der Waals surface area contributed by atoms with Crippen LogP contribution < -0.4 is 11.1 Å². The highest BCUT2D eigenvalue weighted by atomic mass is 16.2. The highest BCUT2D eigenvalue weighted by Crippen LogP contribution is 2.47. The van der Waals surface area contributed by atoms with Crippen LogP contribution in [0.5, 0.6) is 0 Å². The van der Waals surface area contributed by atoms with Crippen LogP contribution in [0.3, 0.4) is 0 Å². The Morgan fingerprint density at radius 2 is 2.40 bits per heavy atom. The summed E-state index contributed by atoms with van der Waals surface area (Å²) in [6, 6.07) is 0.494. The molecule has 2 aliphatic rings. The summed E-state index contributed by atoms with van der Waals surface area (Å²) in [5, 5.41) is 2.89. The van der Waals surface area contributed by atoms with Crippen LogP contribution in [0.4, 0.5) is 4.79 Å². The molecule has 1 saturated heterocycles. The van der Waals surface area contributed by atoms with E-state index >= 15 is 0 Å². The highest BCUT2D eigenvalue weighted by Gasteiger charge is 2.50. The Morgan fingerprint density at radius 1 is 1.60 bits per heavy atom. The standard InChI is InChI=1S/C11H21N3O/c1-2-13-10(15)14-7-6-11(8-12)5-3-4-9(11)14/h9H,2-8,12H2,1H3,(H,13,15)/t9-,11-/m1/s1. The van der Waals surface area contributed by atoms with E-state index in [0.717, 1.165) is 25.9 Å². The summed E-state index contributed by atoms with van der Waals surface area (Å²) < 4.78 is 0. The van der Waals surface area contributed by atoms with Crippen LogP contribution in [0, 0.1) is 5.41 Å². The van der Waals surface area contributed by atoms with Gasteiger partial charge in [-0.1, -0.05) is 6.42 Å². The molecule has 15 heavy (non-hydrogen) atoms. The molecule has 2 rings (SSSR count). The third-order valence-corrected chi connectivity index (χ3v) is 4.08. The van der Waals surface area contributed by atoms with Crippen LogP contribution in [-0.2, 0) is 0 Å². The van der Waals surface area contributed by atoms with E-state index in [4.69, 9.17) is 5.73 Å². The van der Waals surface area contributed by atoms with Crippen molar-refractivity contribution in [3.05, 3.63) is 0 Å². The molecule has 4 heteroatoms. The van der Waals surface area contributed by atoms with Crippen LogP contribution in [-0.4, -0.2) is 36.6 Å². The van der Waals surface area contributed by atoms with Gasteiger partial charge in [-0.3, -0.25) is 0 Å². The minimum absolute atomic E-state index is 0.0970. The van der Waals surface area contributed by atoms with E-state index in [1.54, 1.807) is 0 Å². The van der Waals surface area contributed by atoms with Gasteiger partial charge in [0.1, 0.15) is 0 Å². The van der Waals surface area contributed by atoms with Crippen LogP contribution in [0.1, 0.15) is 32.6 Å². The van der Waals surface area contributed by atoms with Gasteiger partial charge in [0.05, 0.1) is 0 Å². The number of hydrogen-bond acceptors (Lipinski definition) is 2. The Hall–Kier alpha value is -0.770. The molecule has 0 spiro atoms. The monoisotopic (exact) mass is 211 g/mol. The van der Waals surface area contributed by atoms with Gasteiger partial charge in [-0.2, -0.15) is 0 Å². The molecule has 0 aromatic carbocycles. The van der Waals surface area contributed by atoms with Gasteiger partial charge in [0, 0.05) is 24.5 Å². The lowest BCUT2D eigenvalue weighted by Crippen LogP contribution is -2.46. The van der Waals surface area contributed by atoms with Crippen molar-refractivity contribution in [3.63, 3.8) is 0 Å². The van der Waals surface area contributed by atoms with E-state index < -0.39 is 0 Å². The van der Waals surface area contributed by atoms with Crippen LogP contribution >= 0.6 is 0 Å². The van der Waals surface area contributed by atoms with E-state index in [-0.39, 0.29) is 11.4 Å². The first-order valence-corrected chi connectivity index (χ1v) is 5.98. The van der Waals surface area contributed by atoms with Crippen LogP contribution in [0.15, 0.2) is 0 Å². The summed E-state index contributed by atoms with van der Waals surface area (Å²) in [5.74, 6) is 0. The van der Waals surface area contributed by atoms with Gasteiger partial charge in [-0.05, 0) is 32.7 Å². The average molecular weight is 211 g/mol. The lowest BCUT2D eigenvalue weighted by atomic mass is 9.82. The third kappa shape index (κ3) is 1.61. The van der Waals surface area contributed by atoms with Crippen LogP contribution in [0.2, 0.25) is 0 Å². The molecule has 1 aliphatic carbocycles. The maximum atomic E-state index is 11.8. The molecule has 0 radical (unpaired) electrons. The fourth-order valence-corrected chi connectivity index (χ4v) is 3.23. The lowest BCUT2D eigenvalue weighted by Gasteiger charge is -2.31. The van der Waals surface area contributed by atoms with E-state index in [1.165, 1.54) is 12.8 Å². The van der Waals surface area contributed by atoms with E-state index in [1.807, 2.05) is 11.8 Å². The molecule has 4 nitrogen and oxygen atoms in total. The Morgan fingerprint density at radius 3 is 3.07 bits per heavy atom. The fourth-order valence-electron chi connectivity index (χ4n) is 3.23. The van der Waals surface area contributed by atoms with Crippen molar-refractivity contribution >= 4 is 6.03 Å². The van der Waals surface area contributed by atoms with Gasteiger partial charge in [0.15, 0.2) is 0 Å². The normalized spacial score (nSPS) is 34.3. The molecule has 0 aromatic heterocycles. The number of nitrogens with two attached hydrogens (primary N) is 1. The maximum absolute atomic E-state index is 11.8. The zero-order chi connectivity index (χ0) is 10.9. The number of likely N-dealkylation sites (tertiary alicyclic amines) is 1. The van der Waals surface area contributed by atoms with Crippen molar-refractivity contribution in [1.82, 2.24) is 10.2 Å². The van der Waals surface area contributed by atoms with E-state index in [2.05, 4.69) is 5.32 Å². The number of amides is 2. The Labute approximate surface area is 91.2 Å². The van der Waals surface area contributed by atoms with Gasteiger partial charge in [-0.15, -0.1) is 0 Å². The smallest absolute Gasteiger partial charge is 0.317 e. The quantitative estimate of drug-likeness (QED) is 0.713. The minimum Gasteiger partial charge on any atom is -0.338 e. The number of carbonyl (C=O) groups is 1. The molecule has 86 valence electrons. The first-order valence-electron chi connectivity index (χ1n) is 5.98. The molecular formula is C11H21N3O. The molecule has 1 saturated carbocycles. The van der Waals surface area contributed by atoms with Crippen molar-refractivity contribution in [3.8, 4) is 0 Å². The molecule has 3 N–H and O–H groups in total. The maximum Gasteiger partial charge on any atom is 0.317 e. The molecule has 2 amide bonds. The summed E-state index contributed by atoms with van der Waals surface area (Å²) in [7, 11) is 0. The van der Waals surface area contributed by atoms with Gasteiger partial charge in [-0.25, -0.2) is 4.79 Å². The number of urea groups is 1. The van der Waals surface area contributed by atoms with Gasteiger partial charge < -0.3 is 16.0 Å². The number of rotatable bonds is 2. The second kappa shape index (κ2) is 4.00. The van der Waals surface area contributed by atoms with E-state index in [9.17, 15) is 4.79 Å². The van der Waals surface area contributed by atoms with Crippen LogP contribution in [0.25, 0.3) is 0 Å². The molecule has 1 aliphatic heterocycles. The number of hydrogen-bond donors (Lipinski definition) is 2. The molecular weight excluding hydrogens is 190 g/mol. The SMILES string of the molecule is CCNC(=O)N1CC[C@@]2(CN)CCC[C@@H]12. The van der Waals surface area contributed by atoms with Crippen molar-refractivity contribution in [2.24, 2.45) is 11.1 Å². The summed E-state index contributed by atoms with van der Waals surface area (Å²) in [6.45, 7) is 4.28. The lowest BCUT2D eigenvalue weighted by molar-refractivity contribution is 0.174. The fraction of sp³-hybridized carbons (Fsp3) is 0.909. The average Bonchev–Trinajstić information content (AvgIpc) is 2.75. The zero-order valence-corrected chi connectivity index (χ0v) is 9.46. The predicted octanol–water partition coefficient (Wildman–Crippen LogP) is 0.919. The number of nitrogens with zero attached hydrogens (tertiary/aromatic N) is 1. The van der Waals surface area contributed by atoms with Gasteiger partial charge in [0.2, 0.25) is 0 Å². The largest absolute Gasteiger partial charge is 0.338 e. The molecule has 0 aromatic rings. The molecule has 2 atom stereocenters. The second-order valence-corrected chi connectivity index (χ2v) is 4.75. The summed E-state index contributed by atoms with van der Waals surface area (Å²) in [4.78, 5) is 13.8. The highest BCUT2D eigenvalue weighted by molar-refractivity contribution is 5.75. The predicted molar refractivity (Wildman–Crippen MR) is 59.5 cm³/mol. The molecule has 0 bridgehead atoms. The number of fused-ring (bicyclic) bond motifs is 1. The summed E-state index contributed by atoms with van der Waals surface area (Å²) in [5.41, 5.74) is 6.13. The van der Waals surface area contributed by atoms with Crippen molar-refractivity contribution < 1.29 is 4.79 Å². The molecule has 2 fully saturated rings. The Kier molecular flexibility index (Phi) is 2.87.